The van der Waals surface area contributed by atoms with Crippen molar-refractivity contribution in [2.45, 2.75) is 13.5 Å². The van der Waals surface area contributed by atoms with E-state index in [1.807, 2.05) is 16.8 Å². The second-order valence-electron chi connectivity index (χ2n) is 2.98. The Kier molecular flexibility index (Phi) is 3.25. The number of carbonyl (C=O) groups is 1. The van der Waals surface area contributed by atoms with Crippen LogP contribution < -0.4 is 0 Å². The van der Waals surface area contributed by atoms with E-state index in [9.17, 15) is 4.79 Å². The van der Waals surface area contributed by atoms with Gasteiger partial charge in [0.1, 0.15) is 6.54 Å². The minimum absolute atomic E-state index is 0.0337. The lowest BCUT2D eigenvalue weighted by atomic mass is 10.3. The quantitative estimate of drug-likeness (QED) is 0.742. The predicted octanol–water partition coefficient (Wildman–Crippen LogP) is 0.965. The molecule has 2 heterocycles. The van der Waals surface area contributed by atoms with E-state index < -0.39 is 0 Å². The number of carbonyl (C=O) groups excluding carboxylic acids is 1. The molecule has 2 rings (SSSR count). The SMILES string of the molecule is CCOC(=O)Cn1nnnc1-c1ccsc1. The standard InChI is InChI=1S/C9H10N4O2S/c1-2-15-8(14)5-13-9(10-11-12-13)7-3-4-16-6-7/h3-4,6H,2,5H2,1H3. The molecule has 0 N–H and O–H groups in total. The molecule has 0 amide bonds. The van der Waals surface area contributed by atoms with Crippen molar-refractivity contribution in [2.75, 3.05) is 6.61 Å². The number of ether oxygens (including phenoxy) is 1. The largest absolute Gasteiger partial charge is 0.465 e. The minimum Gasteiger partial charge on any atom is -0.465 e. The summed E-state index contributed by atoms with van der Waals surface area (Å²) in [5.41, 5.74) is 0.902. The van der Waals surface area contributed by atoms with E-state index in [4.69, 9.17) is 4.74 Å². The first-order chi connectivity index (χ1) is 7.81. The molecule has 0 aliphatic rings. The van der Waals surface area contributed by atoms with E-state index >= 15 is 0 Å². The summed E-state index contributed by atoms with van der Waals surface area (Å²) in [6.07, 6.45) is 0. The highest BCUT2D eigenvalue weighted by atomic mass is 32.1. The minimum atomic E-state index is -0.341. The number of hydrogen-bond acceptors (Lipinski definition) is 6. The van der Waals surface area contributed by atoms with Crippen LogP contribution in [0.1, 0.15) is 6.92 Å². The van der Waals surface area contributed by atoms with Gasteiger partial charge in [-0.05, 0) is 28.8 Å². The summed E-state index contributed by atoms with van der Waals surface area (Å²) in [5.74, 6) is 0.237. The second kappa shape index (κ2) is 4.84. The zero-order valence-electron chi connectivity index (χ0n) is 8.66. The highest BCUT2D eigenvalue weighted by Crippen LogP contribution is 2.18. The smallest absolute Gasteiger partial charge is 0.327 e. The number of rotatable bonds is 4. The predicted molar refractivity (Wildman–Crippen MR) is 57.8 cm³/mol. The van der Waals surface area contributed by atoms with Crippen LogP contribution in [0.25, 0.3) is 11.4 Å². The van der Waals surface area contributed by atoms with Gasteiger partial charge in [0.25, 0.3) is 0 Å². The van der Waals surface area contributed by atoms with E-state index in [-0.39, 0.29) is 12.5 Å². The number of hydrogen-bond donors (Lipinski definition) is 0. The van der Waals surface area contributed by atoms with Crippen molar-refractivity contribution in [1.29, 1.82) is 0 Å². The van der Waals surface area contributed by atoms with Gasteiger partial charge in [0, 0.05) is 10.9 Å². The van der Waals surface area contributed by atoms with Gasteiger partial charge in [-0.3, -0.25) is 4.79 Å². The fourth-order valence-electron chi connectivity index (χ4n) is 1.24. The molecular formula is C9H10N4O2S. The lowest BCUT2D eigenvalue weighted by Gasteiger charge is -2.02. The molecule has 16 heavy (non-hydrogen) atoms. The van der Waals surface area contributed by atoms with Crippen LogP contribution in [0.15, 0.2) is 16.8 Å². The van der Waals surface area contributed by atoms with Gasteiger partial charge in [0.05, 0.1) is 6.61 Å². The van der Waals surface area contributed by atoms with Gasteiger partial charge in [0.2, 0.25) is 0 Å². The van der Waals surface area contributed by atoms with Gasteiger partial charge in [0.15, 0.2) is 5.82 Å². The van der Waals surface area contributed by atoms with Crippen LogP contribution >= 0.6 is 11.3 Å². The van der Waals surface area contributed by atoms with Crippen LogP contribution in [-0.2, 0) is 16.1 Å². The van der Waals surface area contributed by atoms with Crippen LogP contribution in [0.4, 0.5) is 0 Å². The Morgan fingerprint density at radius 1 is 1.62 bits per heavy atom. The highest BCUT2D eigenvalue weighted by molar-refractivity contribution is 7.08. The van der Waals surface area contributed by atoms with Crippen molar-refractivity contribution < 1.29 is 9.53 Å². The van der Waals surface area contributed by atoms with Gasteiger partial charge in [-0.15, -0.1) is 5.10 Å². The number of tetrazole rings is 1. The number of thiophene rings is 1. The van der Waals surface area contributed by atoms with Crippen LogP contribution in [0.3, 0.4) is 0 Å². The normalized spacial score (nSPS) is 10.3. The third kappa shape index (κ3) is 2.25. The summed E-state index contributed by atoms with van der Waals surface area (Å²) in [6.45, 7) is 2.15. The van der Waals surface area contributed by atoms with Crippen molar-refractivity contribution >= 4 is 17.3 Å². The van der Waals surface area contributed by atoms with Crippen molar-refractivity contribution in [2.24, 2.45) is 0 Å². The molecule has 0 aromatic carbocycles. The topological polar surface area (TPSA) is 69.9 Å². The van der Waals surface area contributed by atoms with Crippen molar-refractivity contribution in [1.82, 2.24) is 20.2 Å². The summed E-state index contributed by atoms with van der Waals surface area (Å²) >= 11 is 1.55. The first-order valence-corrected chi connectivity index (χ1v) is 5.70. The number of nitrogens with zero attached hydrogens (tertiary/aromatic N) is 4. The summed E-state index contributed by atoms with van der Waals surface area (Å²) in [4.78, 5) is 11.3. The fourth-order valence-corrected chi connectivity index (χ4v) is 1.87. The molecule has 2 aromatic rings. The molecule has 7 heteroatoms. The zero-order valence-corrected chi connectivity index (χ0v) is 9.48. The Morgan fingerprint density at radius 2 is 2.50 bits per heavy atom. The summed E-state index contributed by atoms with van der Waals surface area (Å²) in [5, 5.41) is 15.0. The maximum Gasteiger partial charge on any atom is 0.327 e. The molecule has 0 spiro atoms. The highest BCUT2D eigenvalue weighted by Gasteiger charge is 2.12. The van der Waals surface area contributed by atoms with Gasteiger partial charge in [-0.2, -0.15) is 11.3 Å². The van der Waals surface area contributed by atoms with E-state index in [1.165, 1.54) is 4.68 Å². The van der Waals surface area contributed by atoms with Crippen LogP contribution in [0.2, 0.25) is 0 Å². The molecule has 0 fully saturated rings. The maximum absolute atomic E-state index is 11.3. The average molecular weight is 238 g/mol. The van der Waals surface area contributed by atoms with Crippen molar-refractivity contribution in [3.63, 3.8) is 0 Å². The van der Waals surface area contributed by atoms with Gasteiger partial charge in [-0.25, -0.2) is 4.68 Å². The summed E-state index contributed by atoms with van der Waals surface area (Å²) in [6, 6.07) is 1.90. The molecule has 2 aromatic heterocycles. The van der Waals surface area contributed by atoms with Crippen LogP contribution in [0, 0.1) is 0 Å². The third-order valence-corrected chi connectivity index (χ3v) is 2.58. The zero-order chi connectivity index (χ0) is 11.4. The lowest BCUT2D eigenvalue weighted by Crippen LogP contribution is -2.15. The molecule has 0 radical (unpaired) electrons. The number of esters is 1. The fraction of sp³-hybridized carbons (Fsp3) is 0.333. The molecule has 0 saturated carbocycles. The molecule has 84 valence electrons. The van der Waals surface area contributed by atoms with Gasteiger partial charge < -0.3 is 4.74 Å². The number of aromatic nitrogens is 4. The molecule has 0 saturated heterocycles. The molecule has 0 aliphatic heterocycles. The van der Waals surface area contributed by atoms with Crippen LogP contribution in [0.5, 0.6) is 0 Å². The van der Waals surface area contributed by atoms with Crippen molar-refractivity contribution in [3.8, 4) is 11.4 Å². The van der Waals surface area contributed by atoms with E-state index in [1.54, 1.807) is 18.3 Å². The first-order valence-electron chi connectivity index (χ1n) is 4.75. The van der Waals surface area contributed by atoms with Gasteiger partial charge >= 0.3 is 5.97 Å². The average Bonchev–Trinajstić information content (AvgIpc) is 2.86. The Bertz CT molecular complexity index is 466. The molecule has 0 bridgehead atoms. The Hall–Kier alpha value is -1.76. The third-order valence-electron chi connectivity index (χ3n) is 1.90. The maximum atomic E-state index is 11.3. The second-order valence-corrected chi connectivity index (χ2v) is 3.76. The molecule has 0 aliphatic carbocycles. The van der Waals surface area contributed by atoms with Crippen molar-refractivity contribution in [3.05, 3.63) is 16.8 Å². The van der Waals surface area contributed by atoms with E-state index in [0.29, 0.717) is 12.4 Å². The molecule has 0 atom stereocenters. The molecular weight excluding hydrogens is 228 g/mol. The lowest BCUT2D eigenvalue weighted by molar-refractivity contribution is -0.144. The van der Waals surface area contributed by atoms with Crippen LogP contribution in [-0.4, -0.2) is 32.8 Å². The monoisotopic (exact) mass is 238 g/mol. The van der Waals surface area contributed by atoms with E-state index in [0.717, 1.165) is 5.56 Å². The Balaban J connectivity index is 2.17. The first kappa shape index (κ1) is 10.7. The summed E-state index contributed by atoms with van der Waals surface area (Å²) < 4.78 is 6.27. The molecule has 6 nitrogen and oxygen atoms in total. The van der Waals surface area contributed by atoms with E-state index in [2.05, 4.69) is 15.5 Å². The Morgan fingerprint density at radius 3 is 3.19 bits per heavy atom. The van der Waals surface area contributed by atoms with Gasteiger partial charge in [-0.1, -0.05) is 0 Å². The molecule has 0 unspecified atom stereocenters. The Labute approximate surface area is 95.8 Å². The summed E-state index contributed by atoms with van der Waals surface area (Å²) in [7, 11) is 0.